The van der Waals surface area contributed by atoms with Crippen molar-refractivity contribution in [1.29, 1.82) is 0 Å². The molecule has 0 spiro atoms. The molecule has 0 aromatic carbocycles. The highest BCUT2D eigenvalue weighted by molar-refractivity contribution is 4.85. The van der Waals surface area contributed by atoms with E-state index in [1.807, 2.05) is 13.8 Å². The predicted octanol–water partition coefficient (Wildman–Crippen LogP) is 6.06. The highest BCUT2D eigenvalue weighted by atomic mass is 14.4. The van der Waals surface area contributed by atoms with E-state index in [2.05, 4.69) is 20.8 Å². The van der Waals surface area contributed by atoms with E-state index in [0.717, 1.165) is 5.92 Å². The number of hydrogen-bond acceptors (Lipinski definition) is 0. The van der Waals surface area contributed by atoms with E-state index in [9.17, 15) is 0 Å². The van der Waals surface area contributed by atoms with Gasteiger partial charge >= 0.3 is 0 Å². The molecule has 0 aliphatic heterocycles. The summed E-state index contributed by atoms with van der Waals surface area (Å²) >= 11 is 0. The van der Waals surface area contributed by atoms with E-state index in [-0.39, 0.29) is 7.43 Å². The summed E-state index contributed by atoms with van der Waals surface area (Å²) in [5, 5.41) is 0. The molecule has 0 N–H and O–H groups in total. The maximum atomic E-state index is 2.52. The summed E-state index contributed by atoms with van der Waals surface area (Å²) in [6.07, 6.45) is 10.2. The van der Waals surface area contributed by atoms with Crippen LogP contribution in [0.1, 0.15) is 87.0 Å². The predicted molar refractivity (Wildman–Crippen MR) is 73.3 cm³/mol. The summed E-state index contributed by atoms with van der Waals surface area (Å²) in [5.74, 6) is 1.02. The van der Waals surface area contributed by atoms with Crippen molar-refractivity contribution in [1.82, 2.24) is 0 Å². The summed E-state index contributed by atoms with van der Waals surface area (Å²) in [6.45, 7) is 11.2. The van der Waals surface area contributed by atoms with Crippen molar-refractivity contribution in [3.05, 3.63) is 0 Å². The molecule has 0 radical (unpaired) electrons. The zero-order valence-corrected chi connectivity index (χ0v) is 11.0. The second-order valence-electron chi connectivity index (χ2n) is 4.75. The van der Waals surface area contributed by atoms with Gasteiger partial charge in [-0.15, -0.1) is 0 Å². The van der Waals surface area contributed by atoms with Gasteiger partial charge < -0.3 is 0 Å². The minimum atomic E-state index is 0. The minimum Gasteiger partial charge on any atom is -0.0776 e. The third-order valence-corrected chi connectivity index (χ3v) is 3.85. The molecular formula is C15H34. The van der Waals surface area contributed by atoms with E-state index in [0.29, 0.717) is 5.41 Å². The van der Waals surface area contributed by atoms with Gasteiger partial charge in [0.15, 0.2) is 0 Å². The average Bonchev–Trinajstić information content (AvgIpc) is 2.21. The van der Waals surface area contributed by atoms with Gasteiger partial charge in [-0.2, -0.15) is 0 Å². The molecule has 0 heterocycles. The maximum Gasteiger partial charge on any atom is -0.0298 e. The lowest BCUT2D eigenvalue weighted by molar-refractivity contribution is 0.0993. The molecule has 0 saturated heterocycles. The van der Waals surface area contributed by atoms with Gasteiger partial charge in [0, 0.05) is 0 Å². The van der Waals surface area contributed by atoms with Crippen LogP contribution in [0.5, 0.6) is 0 Å². The second kappa shape index (κ2) is 9.24. The standard InChI is InChI=1S/C12H24.C2H6.CH4/c1-4-9-12(3)10-7-6-8-11(12)5-2;1-2;/h11H,4-10H2,1-3H3;1-2H3;1H4. The molecule has 1 aliphatic rings. The Bertz CT molecular complexity index is 124. The van der Waals surface area contributed by atoms with Crippen LogP contribution < -0.4 is 0 Å². The second-order valence-corrected chi connectivity index (χ2v) is 4.75. The Morgan fingerprint density at radius 2 is 1.73 bits per heavy atom. The molecule has 94 valence electrons. The Morgan fingerprint density at radius 3 is 2.20 bits per heavy atom. The monoisotopic (exact) mass is 214 g/mol. The van der Waals surface area contributed by atoms with Gasteiger partial charge in [0.1, 0.15) is 0 Å². The fraction of sp³-hybridized carbons (Fsp3) is 1.00. The zero-order chi connectivity index (χ0) is 11.0. The van der Waals surface area contributed by atoms with Crippen LogP contribution in [0.15, 0.2) is 0 Å². The van der Waals surface area contributed by atoms with E-state index in [4.69, 9.17) is 0 Å². The van der Waals surface area contributed by atoms with E-state index >= 15 is 0 Å². The Balaban J connectivity index is 0. The van der Waals surface area contributed by atoms with E-state index < -0.39 is 0 Å². The first-order chi connectivity index (χ1) is 6.73. The fourth-order valence-corrected chi connectivity index (χ4v) is 3.07. The molecule has 0 aromatic rings. The molecule has 0 amide bonds. The topological polar surface area (TPSA) is 0 Å². The maximum absolute atomic E-state index is 2.52. The summed E-state index contributed by atoms with van der Waals surface area (Å²) < 4.78 is 0. The average molecular weight is 214 g/mol. The molecule has 1 fully saturated rings. The molecule has 0 heteroatoms. The largest absolute Gasteiger partial charge is 0.0776 e. The highest BCUT2D eigenvalue weighted by Gasteiger charge is 2.33. The first-order valence-electron chi connectivity index (χ1n) is 6.73. The lowest BCUT2D eigenvalue weighted by Gasteiger charge is -2.41. The molecule has 0 aromatic heterocycles. The zero-order valence-electron chi connectivity index (χ0n) is 11.0. The Morgan fingerprint density at radius 1 is 1.13 bits per heavy atom. The summed E-state index contributed by atoms with van der Waals surface area (Å²) in [4.78, 5) is 0. The van der Waals surface area contributed by atoms with Gasteiger partial charge in [-0.05, 0) is 30.6 Å². The van der Waals surface area contributed by atoms with E-state index in [1.165, 1.54) is 44.9 Å². The van der Waals surface area contributed by atoms with Crippen molar-refractivity contribution in [3.8, 4) is 0 Å². The third kappa shape index (κ3) is 5.04. The first kappa shape index (κ1) is 17.4. The molecule has 1 saturated carbocycles. The normalized spacial score (nSPS) is 29.8. The lowest BCUT2D eigenvalue weighted by atomic mass is 9.64. The molecule has 0 bridgehead atoms. The molecule has 1 rings (SSSR count). The van der Waals surface area contributed by atoms with Crippen molar-refractivity contribution >= 4 is 0 Å². The van der Waals surface area contributed by atoms with Crippen molar-refractivity contribution in [2.24, 2.45) is 11.3 Å². The first-order valence-corrected chi connectivity index (χ1v) is 6.73. The molecule has 1 aliphatic carbocycles. The van der Waals surface area contributed by atoms with Crippen molar-refractivity contribution in [3.63, 3.8) is 0 Å². The van der Waals surface area contributed by atoms with Crippen LogP contribution in [0, 0.1) is 11.3 Å². The number of hydrogen-bond donors (Lipinski definition) is 0. The van der Waals surface area contributed by atoms with E-state index in [1.54, 1.807) is 0 Å². The van der Waals surface area contributed by atoms with Gasteiger partial charge in [-0.1, -0.05) is 67.7 Å². The molecular weight excluding hydrogens is 180 g/mol. The third-order valence-electron chi connectivity index (χ3n) is 3.85. The quantitative estimate of drug-likeness (QED) is 0.536. The van der Waals surface area contributed by atoms with Crippen LogP contribution >= 0.6 is 0 Å². The molecule has 15 heavy (non-hydrogen) atoms. The van der Waals surface area contributed by atoms with Crippen LogP contribution in [0.4, 0.5) is 0 Å². The van der Waals surface area contributed by atoms with Gasteiger partial charge in [0.05, 0.1) is 0 Å². The smallest absolute Gasteiger partial charge is 0.0298 e. The van der Waals surface area contributed by atoms with Gasteiger partial charge in [-0.3, -0.25) is 0 Å². The Kier molecular flexibility index (Phi) is 10.7. The van der Waals surface area contributed by atoms with Crippen LogP contribution in [0.3, 0.4) is 0 Å². The molecule has 2 atom stereocenters. The summed E-state index contributed by atoms with van der Waals surface area (Å²) in [7, 11) is 0. The van der Waals surface area contributed by atoms with Crippen LogP contribution in [0.2, 0.25) is 0 Å². The SMILES string of the molecule is C.CC.CCCC1(C)CCCCC1CC. The van der Waals surface area contributed by atoms with Crippen LogP contribution in [0.25, 0.3) is 0 Å². The Labute approximate surface area is 98.9 Å². The van der Waals surface area contributed by atoms with Crippen molar-refractivity contribution in [2.75, 3.05) is 0 Å². The van der Waals surface area contributed by atoms with Gasteiger partial charge in [-0.25, -0.2) is 0 Å². The molecule has 0 nitrogen and oxygen atoms in total. The van der Waals surface area contributed by atoms with Crippen molar-refractivity contribution in [2.45, 2.75) is 87.0 Å². The summed E-state index contributed by atoms with van der Waals surface area (Å²) in [5.41, 5.74) is 0.696. The van der Waals surface area contributed by atoms with Crippen LogP contribution in [-0.4, -0.2) is 0 Å². The highest BCUT2D eigenvalue weighted by Crippen LogP contribution is 2.45. The Hall–Kier alpha value is 0. The lowest BCUT2D eigenvalue weighted by Crippen LogP contribution is -2.30. The van der Waals surface area contributed by atoms with Crippen LogP contribution in [-0.2, 0) is 0 Å². The minimum absolute atomic E-state index is 0. The summed E-state index contributed by atoms with van der Waals surface area (Å²) in [6, 6.07) is 0. The van der Waals surface area contributed by atoms with Gasteiger partial charge in [0.25, 0.3) is 0 Å². The fourth-order valence-electron chi connectivity index (χ4n) is 3.07. The van der Waals surface area contributed by atoms with Gasteiger partial charge in [0.2, 0.25) is 0 Å². The number of rotatable bonds is 3. The molecule has 2 unspecified atom stereocenters. The van der Waals surface area contributed by atoms with Crippen molar-refractivity contribution < 1.29 is 0 Å².